The second kappa shape index (κ2) is 9.08. The van der Waals surface area contributed by atoms with E-state index in [9.17, 15) is 13.2 Å². The lowest BCUT2D eigenvalue weighted by atomic mass is 9.97. The Balaban J connectivity index is 1.24. The van der Waals surface area contributed by atoms with Crippen LogP contribution < -0.4 is 9.47 Å². The first kappa shape index (κ1) is 20.7. The fraction of sp³-hybridized carbons (Fsp3) is 0.435. The summed E-state index contributed by atoms with van der Waals surface area (Å²) in [6, 6.07) is 13.4. The summed E-state index contributed by atoms with van der Waals surface area (Å²) >= 11 is 0. The van der Waals surface area contributed by atoms with E-state index in [2.05, 4.69) is 9.89 Å². The number of halogens is 3. The van der Waals surface area contributed by atoms with Crippen molar-refractivity contribution in [3.05, 3.63) is 59.7 Å². The molecule has 0 aliphatic carbocycles. The molecule has 1 atom stereocenters. The predicted octanol–water partition coefficient (Wildman–Crippen LogP) is 4.68. The first-order chi connectivity index (χ1) is 14.5. The van der Waals surface area contributed by atoms with Crippen LogP contribution in [0.3, 0.4) is 0 Å². The number of aliphatic imine (C=N–C) groups is 1. The normalized spacial score (nSPS) is 20.6. The van der Waals surface area contributed by atoms with Crippen LogP contribution in [0.1, 0.15) is 24.0 Å². The van der Waals surface area contributed by atoms with E-state index in [-0.39, 0.29) is 11.9 Å². The molecule has 0 amide bonds. The molecule has 2 aromatic rings. The van der Waals surface area contributed by atoms with Crippen LogP contribution in [0.15, 0.2) is 53.5 Å². The Morgan fingerprint density at radius 3 is 2.53 bits per heavy atom. The zero-order valence-corrected chi connectivity index (χ0v) is 16.6. The summed E-state index contributed by atoms with van der Waals surface area (Å²) in [5, 5.41) is 0. The quantitative estimate of drug-likeness (QED) is 0.662. The van der Waals surface area contributed by atoms with E-state index in [1.54, 1.807) is 0 Å². The fourth-order valence-corrected chi connectivity index (χ4v) is 3.87. The molecule has 0 radical (unpaired) electrons. The van der Waals surface area contributed by atoms with Gasteiger partial charge in [0.05, 0.1) is 5.56 Å². The Morgan fingerprint density at radius 1 is 1.03 bits per heavy atom. The standard InChI is InChI=1S/C23H25F3N2O2/c24-23(25,26)19-6-7-21-22(12-19)30-20(16-29-21)15-28-10-8-18(9-11-28)14-27-13-17-4-2-1-3-5-17/h1-7,12-13,18,20H,8-11,14-16H2/t20-/m0/s1. The molecule has 0 unspecified atom stereocenters. The maximum absolute atomic E-state index is 12.9. The number of rotatable bonds is 5. The van der Waals surface area contributed by atoms with Crippen LogP contribution >= 0.6 is 0 Å². The van der Waals surface area contributed by atoms with Crippen LogP contribution in [0.5, 0.6) is 11.5 Å². The predicted molar refractivity (Wildman–Crippen MR) is 109 cm³/mol. The molecule has 0 N–H and O–H groups in total. The van der Waals surface area contributed by atoms with Crippen LogP contribution in [-0.4, -0.2) is 50.0 Å². The molecular formula is C23H25F3N2O2. The minimum Gasteiger partial charge on any atom is -0.486 e. The van der Waals surface area contributed by atoms with Crippen LogP contribution in [0, 0.1) is 5.92 Å². The summed E-state index contributed by atoms with van der Waals surface area (Å²) in [5.41, 5.74) is 0.390. The fourth-order valence-electron chi connectivity index (χ4n) is 3.87. The van der Waals surface area contributed by atoms with Gasteiger partial charge in [0, 0.05) is 19.3 Å². The Hall–Kier alpha value is -2.54. The summed E-state index contributed by atoms with van der Waals surface area (Å²) in [6.45, 7) is 3.68. The average molecular weight is 418 g/mol. The van der Waals surface area contributed by atoms with Gasteiger partial charge < -0.3 is 9.47 Å². The summed E-state index contributed by atoms with van der Waals surface area (Å²) in [6.07, 6.45) is -0.639. The van der Waals surface area contributed by atoms with Crippen molar-refractivity contribution in [1.82, 2.24) is 4.90 Å². The molecule has 2 aromatic carbocycles. The highest BCUT2D eigenvalue weighted by atomic mass is 19.4. The number of hydrogen-bond acceptors (Lipinski definition) is 4. The Kier molecular flexibility index (Phi) is 6.27. The van der Waals surface area contributed by atoms with Crippen LogP contribution in [0.2, 0.25) is 0 Å². The lowest BCUT2D eigenvalue weighted by Crippen LogP contribution is -2.44. The molecule has 0 aromatic heterocycles. The smallest absolute Gasteiger partial charge is 0.416 e. The van der Waals surface area contributed by atoms with Crippen molar-refractivity contribution in [1.29, 1.82) is 0 Å². The maximum atomic E-state index is 12.9. The van der Waals surface area contributed by atoms with E-state index < -0.39 is 11.7 Å². The second-order valence-electron chi connectivity index (χ2n) is 7.86. The molecule has 0 saturated carbocycles. The van der Waals surface area contributed by atoms with Crippen molar-refractivity contribution in [3.8, 4) is 11.5 Å². The molecule has 160 valence electrons. The third-order valence-electron chi connectivity index (χ3n) is 5.56. The number of hydrogen-bond donors (Lipinski definition) is 0. The van der Waals surface area contributed by atoms with Gasteiger partial charge in [-0.3, -0.25) is 9.89 Å². The number of alkyl halides is 3. The topological polar surface area (TPSA) is 34.1 Å². The maximum Gasteiger partial charge on any atom is 0.416 e. The van der Waals surface area contributed by atoms with E-state index in [4.69, 9.17) is 9.47 Å². The van der Waals surface area contributed by atoms with Crippen molar-refractivity contribution in [2.24, 2.45) is 10.9 Å². The minimum atomic E-state index is -4.39. The third kappa shape index (κ3) is 5.33. The lowest BCUT2D eigenvalue weighted by molar-refractivity contribution is -0.137. The molecule has 2 heterocycles. The first-order valence-electron chi connectivity index (χ1n) is 10.3. The van der Waals surface area contributed by atoms with Crippen molar-refractivity contribution in [3.63, 3.8) is 0 Å². The molecule has 7 heteroatoms. The van der Waals surface area contributed by atoms with Crippen molar-refractivity contribution < 1.29 is 22.6 Å². The zero-order chi connectivity index (χ0) is 21.0. The highest BCUT2D eigenvalue weighted by Gasteiger charge is 2.33. The molecule has 4 nitrogen and oxygen atoms in total. The number of nitrogens with zero attached hydrogens (tertiary/aromatic N) is 2. The monoisotopic (exact) mass is 418 g/mol. The van der Waals surface area contributed by atoms with E-state index in [1.807, 2.05) is 36.5 Å². The molecule has 2 aliphatic rings. The molecule has 2 aliphatic heterocycles. The van der Waals surface area contributed by atoms with E-state index in [0.29, 0.717) is 24.8 Å². The number of fused-ring (bicyclic) bond motifs is 1. The molecule has 1 saturated heterocycles. The number of ether oxygens (including phenoxy) is 2. The molecule has 0 spiro atoms. The lowest BCUT2D eigenvalue weighted by Gasteiger charge is -2.35. The Morgan fingerprint density at radius 2 is 1.80 bits per heavy atom. The van der Waals surface area contributed by atoms with Crippen LogP contribution in [0.4, 0.5) is 13.2 Å². The van der Waals surface area contributed by atoms with Crippen LogP contribution in [-0.2, 0) is 6.18 Å². The molecule has 30 heavy (non-hydrogen) atoms. The van der Waals surface area contributed by atoms with Gasteiger partial charge in [-0.1, -0.05) is 30.3 Å². The van der Waals surface area contributed by atoms with Crippen molar-refractivity contribution in [2.75, 3.05) is 32.8 Å². The van der Waals surface area contributed by atoms with E-state index in [1.165, 1.54) is 6.07 Å². The largest absolute Gasteiger partial charge is 0.486 e. The summed E-state index contributed by atoms with van der Waals surface area (Å²) in [7, 11) is 0. The van der Waals surface area contributed by atoms with Gasteiger partial charge in [0.25, 0.3) is 0 Å². The van der Waals surface area contributed by atoms with Gasteiger partial charge in [-0.15, -0.1) is 0 Å². The summed E-state index contributed by atoms with van der Waals surface area (Å²) in [5.74, 6) is 1.10. The van der Waals surface area contributed by atoms with Gasteiger partial charge in [0.15, 0.2) is 11.5 Å². The Labute approximate surface area is 174 Å². The summed E-state index contributed by atoms with van der Waals surface area (Å²) < 4.78 is 50.2. The highest BCUT2D eigenvalue weighted by Crippen LogP contribution is 2.38. The SMILES string of the molecule is FC(F)(F)c1ccc2c(c1)O[C@@H](CN1CCC(CN=Cc3ccccc3)CC1)CO2. The van der Waals surface area contributed by atoms with Crippen molar-refractivity contribution >= 4 is 6.21 Å². The second-order valence-corrected chi connectivity index (χ2v) is 7.86. The van der Waals surface area contributed by atoms with Crippen LogP contribution in [0.25, 0.3) is 0 Å². The number of benzene rings is 2. The molecule has 4 rings (SSSR count). The minimum absolute atomic E-state index is 0.172. The molecule has 0 bridgehead atoms. The summed E-state index contributed by atoms with van der Waals surface area (Å²) in [4.78, 5) is 6.87. The van der Waals surface area contributed by atoms with Crippen molar-refractivity contribution in [2.45, 2.75) is 25.1 Å². The first-order valence-corrected chi connectivity index (χ1v) is 10.3. The number of piperidine rings is 1. The van der Waals surface area contributed by atoms with Gasteiger partial charge >= 0.3 is 6.18 Å². The molecular weight excluding hydrogens is 393 g/mol. The van der Waals surface area contributed by atoms with Gasteiger partial charge in [0.2, 0.25) is 0 Å². The number of likely N-dealkylation sites (tertiary alicyclic amines) is 1. The van der Waals surface area contributed by atoms with Gasteiger partial charge in [-0.2, -0.15) is 13.2 Å². The van der Waals surface area contributed by atoms with Gasteiger partial charge in [-0.05, 0) is 55.6 Å². The van der Waals surface area contributed by atoms with E-state index in [0.717, 1.165) is 50.2 Å². The average Bonchev–Trinajstić information content (AvgIpc) is 2.75. The molecule has 1 fully saturated rings. The van der Waals surface area contributed by atoms with Gasteiger partial charge in [-0.25, -0.2) is 0 Å². The Bertz CT molecular complexity index is 862. The zero-order valence-electron chi connectivity index (χ0n) is 16.6. The highest BCUT2D eigenvalue weighted by molar-refractivity contribution is 5.79. The third-order valence-corrected chi connectivity index (χ3v) is 5.56. The van der Waals surface area contributed by atoms with E-state index >= 15 is 0 Å². The van der Waals surface area contributed by atoms with Gasteiger partial charge in [0.1, 0.15) is 12.7 Å².